The first kappa shape index (κ1) is 8.11. The number of dihydropyridines is 1. The number of rotatable bonds is 1. The highest BCUT2D eigenvalue weighted by atomic mass is 14.8. The van der Waals surface area contributed by atoms with Gasteiger partial charge in [-0.2, -0.15) is 0 Å². The van der Waals surface area contributed by atoms with Crippen LogP contribution >= 0.6 is 0 Å². The smallest absolute Gasteiger partial charge is 0.0156 e. The molecule has 0 aliphatic carbocycles. The summed E-state index contributed by atoms with van der Waals surface area (Å²) in [6.07, 6.45) is 5.18. The minimum atomic E-state index is 1.03. The molecule has 1 N–H and O–H groups in total. The molecular formula is C12H13N. The fourth-order valence-corrected chi connectivity index (χ4v) is 1.57. The highest BCUT2D eigenvalue weighted by Gasteiger charge is 2.05. The van der Waals surface area contributed by atoms with Crippen LogP contribution in [0, 0.1) is 0 Å². The molecular weight excluding hydrogens is 158 g/mol. The molecule has 1 aliphatic heterocycles. The third-order valence-corrected chi connectivity index (χ3v) is 2.31. The molecule has 0 bridgehead atoms. The minimum absolute atomic E-state index is 1.03. The summed E-state index contributed by atoms with van der Waals surface area (Å²) in [6.45, 7) is 2.12. The number of hydrogen-bond donors (Lipinski definition) is 1. The van der Waals surface area contributed by atoms with Crippen LogP contribution in [0.2, 0.25) is 0 Å². The molecule has 0 saturated heterocycles. The van der Waals surface area contributed by atoms with Crippen LogP contribution in [0.1, 0.15) is 18.9 Å². The van der Waals surface area contributed by atoms with E-state index >= 15 is 0 Å². The van der Waals surface area contributed by atoms with Crippen molar-refractivity contribution in [3.05, 3.63) is 53.9 Å². The van der Waals surface area contributed by atoms with Crippen molar-refractivity contribution < 1.29 is 0 Å². The zero-order valence-corrected chi connectivity index (χ0v) is 7.75. The van der Waals surface area contributed by atoms with Crippen LogP contribution in [-0.2, 0) is 0 Å². The fourth-order valence-electron chi connectivity index (χ4n) is 1.57. The Morgan fingerprint density at radius 3 is 2.62 bits per heavy atom. The van der Waals surface area contributed by atoms with Gasteiger partial charge in [-0.25, -0.2) is 0 Å². The van der Waals surface area contributed by atoms with Crippen LogP contribution < -0.4 is 5.32 Å². The van der Waals surface area contributed by atoms with Crippen molar-refractivity contribution in [1.29, 1.82) is 0 Å². The Morgan fingerprint density at radius 1 is 1.15 bits per heavy atom. The number of allylic oxidation sites excluding steroid dienone is 3. The largest absolute Gasteiger partial charge is 0.365 e. The maximum absolute atomic E-state index is 3.23. The minimum Gasteiger partial charge on any atom is -0.365 e. The van der Waals surface area contributed by atoms with Crippen LogP contribution in [0.3, 0.4) is 0 Å². The summed E-state index contributed by atoms with van der Waals surface area (Å²) >= 11 is 0. The van der Waals surface area contributed by atoms with Gasteiger partial charge in [0.2, 0.25) is 0 Å². The van der Waals surface area contributed by atoms with Crippen molar-refractivity contribution in [2.75, 3.05) is 0 Å². The van der Waals surface area contributed by atoms with Crippen LogP contribution in [0.4, 0.5) is 0 Å². The second-order valence-corrected chi connectivity index (χ2v) is 3.22. The molecule has 0 fully saturated rings. The molecule has 0 atom stereocenters. The molecule has 0 radical (unpaired) electrons. The van der Waals surface area contributed by atoms with Crippen molar-refractivity contribution in [1.82, 2.24) is 5.32 Å². The molecule has 66 valence electrons. The lowest BCUT2D eigenvalue weighted by Crippen LogP contribution is -2.08. The Morgan fingerprint density at radius 2 is 1.92 bits per heavy atom. The second kappa shape index (κ2) is 3.48. The van der Waals surface area contributed by atoms with Gasteiger partial charge in [0.05, 0.1) is 0 Å². The number of hydrogen-bond acceptors (Lipinski definition) is 1. The topological polar surface area (TPSA) is 12.0 Å². The molecule has 1 nitrogen and oxygen atoms in total. The highest BCUT2D eigenvalue weighted by molar-refractivity contribution is 5.70. The van der Waals surface area contributed by atoms with Gasteiger partial charge in [0, 0.05) is 5.70 Å². The summed E-state index contributed by atoms with van der Waals surface area (Å²) in [6, 6.07) is 10.5. The molecule has 1 aromatic carbocycles. The van der Waals surface area contributed by atoms with E-state index in [1.54, 1.807) is 0 Å². The lowest BCUT2D eigenvalue weighted by molar-refractivity contribution is 1.01. The Balaban J connectivity index is 2.36. The third kappa shape index (κ3) is 1.64. The summed E-state index contributed by atoms with van der Waals surface area (Å²) < 4.78 is 0. The van der Waals surface area contributed by atoms with E-state index in [0.717, 1.165) is 6.42 Å². The Bertz CT molecular complexity index is 347. The molecule has 0 saturated carbocycles. The molecule has 0 amide bonds. The first-order chi connectivity index (χ1) is 6.38. The molecule has 1 heteroatoms. The Labute approximate surface area is 78.8 Å². The monoisotopic (exact) mass is 171 g/mol. The highest BCUT2D eigenvalue weighted by Crippen LogP contribution is 2.23. The predicted octanol–water partition coefficient (Wildman–Crippen LogP) is 2.92. The maximum Gasteiger partial charge on any atom is 0.0156 e. The van der Waals surface area contributed by atoms with Gasteiger partial charge in [0.25, 0.3) is 0 Å². The second-order valence-electron chi connectivity index (χ2n) is 3.22. The summed E-state index contributed by atoms with van der Waals surface area (Å²) in [4.78, 5) is 0. The van der Waals surface area contributed by atoms with Crippen molar-refractivity contribution in [2.45, 2.75) is 13.3 Å². The molecule has 1 aromatic rings. The summed E-state index contributed by atoms with van der Waals surface area (Å²) in [5.74, 6) is 0. The average Bonchev–Trinajstić information content (AvgIpc) is 2.20. The number of benzene rings is 1. The van der Waals surface area contributed by atoms with Gasteiger partial charge in [-0.1, -0.05) is 36.4 Å². The van der Waals surface area contributed by atoms with Gasteiger partial charge >= 0.3 is 0 Å². The van der Waals surface area contributed by atoms with Gasteiger partial charge in [0.1, 0.15) is 0 Å². The Kier molecular flexibility index (Phi) is 2.17. The predicted molar refractivity (Wildman–Crippen MR) is 55.9 cm³/mol. The van der Waals surface area contributed by atoms with Crippen molar-refractivity contribution in [2.24, 2.45) is 0 Å². The SMILES string of the molecule is CC1=C(c2ccccc2)CC=CN1. The van der Waals surface area contributed by atoms with E-state index in [1.165, 1.54) is 16.8 Å². The van der Waals surface area contributed by atoms with E-state index in [4.69, 9.17) is 0 Å². The van der Waals surface area contributed by atoms with Gasteiger partial charge in [0.15, 0.2) is 0 Å². The Hall–Kier alpha value is -1.50. The molecule has 1 heterocycles. The number of nitrogens with one attached hydrogen (secondary N) is 1. The maximum atomic E-state index is 3.23. The van der Waals surface area contributed by atoms with Crippen LogP contribution in [0.5, 0.6) is 0 Å². The van der Waals surface area contributed by atoms with Gasteiger partial charge in [-0.3, -0.25) is 0 Å². The van der Waals surface area contributed by atoms with Gasteiger partial charge in [-0.15, -0.1) is 0 Å². The molecule has 0 unspecified atom stereocenters. The zero-order chi connectivity index (χ0) is 9.10. The first-order valence-corrected chi connectivity index (χ1v) is 4.54. The third-order valence-electron chi connectivity index (χ3n) is 2.31. The molecule has 2 rings (SSSR count). The zero-order valence-electron chi connectivity index (χ0n) is 7.75. The molecule has 0 spiro atoms. The van der Waals surface area contributed by atoms with E-state index in [0.29, 0.717) is 0 Å². The standard InChI is InChI=1S/C12H13N/c1-10-12(8-5-9-13-10)11-6-3-2-4-7-11/h2-7,9,13H,8H2,1H3. The summed E-state index contributed by atoms with van der Waals surface area (Å²) in [5.41, 5.74) is 3.97. The van der Waals surface area contributed by atoms with E-state index in [9.17, 15) is 0 Å². The quantitative estimate of drug-likeness (QED) is 0.685. The lowest BCUT2D eigenvalue weighted by Gasteiger charge is -2.14. The van der Waals surface area contributed by atoms with Crippen molar-refractivity contribution >= 4 is 5.57 Å². The fraction of sp³-hybridized carbons (Fsp3) is 0.167. The van der Waals surface area contributed by atoms with Gasteiger partial charge in [-0.05, 0) is 30.7 Å². The van der Waals surface area contributed by atoms with E-state index in [2.05, 4.69) is 42.6 Å². The van der Waals surface area contributed by atoms with Crippen LogP contribution in [0.25, 0.3) is 5.57 Å². The van der Waals surface area contributed by atoms with Crippen LogP contribution in [-0.4, -0.2) is 0 Å². The van der Waals surface area contributed by atoms with Gasteiger partial charge < -0.3 is 5.32 Å². The summed E-state index contributed by atoms with van der Waals surface area (Å²) in [5, 5.41) is 3.23. The van der Waals surface area contributed by atoms with E-state index < -0.39 is 0 Å². The first-order valence-electron chi connectivity index (χ1n) is 4.54. The molecule has 13 heavy (non-hydrogen) atoms. The van der Waals surface area contributed by atoms with Crippen molar-refractivity contribution in [3.63, 3.8) is 0 Å². The van der Waals surface area contributed by atoms with E-state index in [1.807, 2.05) is 12.3 Å². The normalized spacial score (nSPS) is 15.8. The molecule has 0 aromatic heterocycles. The lowest BCUT2D eigenvalue weighted by atomic mass is 9.99. The van der Waals surface area contributed by atoms with Crippen LogP contribution in [0.15, 0.2) is 48.3 Å². The summed E-state index contributed by atoms with van der Waals surface area (Å²) in [7, 11) is 0. The van der Waals surface area contributed by atoms with E-state index in [-0.39, 0.29) is 0 Å². The average molecular weight is 171 g/mol. The van der Waals surface area contributed by atoms with Crippen molar-refractivity contribution in [3.8, 4) is 0 Å². The molecule has 1 aliphatic rings.